The van der Waals surface area contributed by atoms with E-state index in [1.807, 2.05) is 12.1 Å². The van der Waals surface area contributed by atoms with Gasteiger partial charge in [0.2, 0.25) is 0 Å². The van der Waals surface area contributed by atoms with Crippen LogP contribution in [0.3, 0.4) is 0 Å². The Kier molecular flexibility index (Phi) is 3.29. The van der Waals surface area contributed by atoms with Gasteiger partial charge in [0.1, 0.15) is 0 Å². The fourth-order valence-electron chi connectivity index (χ4n) is 3.82. The zero-order valence-electron chi connectivity index (χ0n) is 14.3. The van der Waals surface area contributed by atoms with Gasteiger partial charge in [0.05, 0.1) is 11.0 Å². The monoisotopic (exact) mass is 334 g/mol. The lowest BCUT2D eigenvalue weighted by Gasteiger charge is -2.10. The lowest BCUT2D eigenvalue weighted by Crippen LogP contribution is -1.94. The second-order valence-corrected chi connectivity index (χ2v) is 6.52. The molecule has 0 bridgehead atoms. The van der Waals surface area contributed by atoms with Crippen LogP contribution in [0.2, 0.25) is 0 Å². The van der Waals surface area contributed by atoms with Crippen LogP contribution in [0.25, 0.3) is 38.6 Å². The highest BCUT2D eigenvalue weighted by atomic mass is 15.0. The van der Waals surface area contributed by atoms with E-state index in [0.29, 0.717) is 0 Å². The number of anilines is 1. The lowest BCUT2D eigenvalue weighted by atomic mass is 9.99. The van der Waals surface area contributed by atoms with E-state index in [2.05, 4.69) is 89.5 Å². The van der Waals surface area contributed by atoms with E-state index in [9.17, 15) is 0 Å². The molecule has 5 aromatic rings. The summed E-state index contributed by atoms with van der Waals surface area (Å²) in [4.78, 5) is 0. The van der Waals surface area contributed by atoms with Crippen molar-refractivity contribution in [1.82, 2.24) is 4.57 Å². The molecule has 0 spiro atoms. The summed E-state index contributed by atoms with van der Waals surface area (Å²) in [6.07, 6.45) is 0. The molecule has 2 nitrogen and oxygen atoms in total. The van der Waals surface area contributed by atoms with E-state index in [1.165, 1.54) is 27.4 Å². The van der Waals surface area contributed by atoms with Crippen molar-refractivity contribution in [3.63, 3.8) is 0 Å². The Labute approximate surface area is 152 Å². The van der Waals surface area contributed by atoms with Gasteiger partial charge in [0.25, 0.3) is 0 Å². The van der Waals surface area contributed by atoms with E-state index < -0.39 is 0 Å². The van der Waals surface area contributed by atoms with Crippen molar-refractivity contribution in [2.45, 2.75) is 0 Å². The molecule has 0 unspecified atom stereocenters. The number of nitrogens with zero attached hydrogens (tertiary/aromatic N) is 1. The molecule has 0 fully saturated rings. The second-order valence-electron chi connectivity index (χ2n) is 6.52. The summed E-state index contributed by atoms with van der Waals surface area (Å²) < 4.78 is 2.30. The molecule has 2 N–H and O–H groups in total. The molecule has 0 aliphatic carbocycles. The number of rotatable bonds is 2. The lowest BCUT2D eigenvalue weighted by molar-refractivity contribution is 1.18. The quantitative estimate of drug-likeness (QED) is 0.392. The van der Waals surface area contributed by atoms with Crippen LogP contribution in [0.5, 0.6) is 0 Å². The largest absolute Gasteiger partial charge is 0.399 e. The molecule has 1 aromatic heterocycles. The van der Waals surface area contributed by atoms with Gasteiger partial charge in [0.15, 0.2) is 0 Å². The van der Waals surface area contributed by atoms with Gasteiger partial charge < -0.3 is 10.3 Å². The Balaban J connectivity index is 1.99. The maximum atomic E-state index is 6.32. The highest BCUT2D eigenvalue weighted by Crippen LogP contribution is 2.39. The number of hydrogen-bond acceptors (Lipinski definition) is 1. The predicted octanol–water partition coefficient (Wildman–Crippen LogP) is 6.03. The molecule has 0 aliphatic heterocycles. The molecule has 4 aromatic carbocycles. The summed E-state index contributed by atoms with van der Waals surface area (Å²) in [5.41, 5.74) is 12.9. The van der Waals surface area contributed by atoms with Gasteiger partial charge in [0, 0.05) is 22.1 Å². The maximum Gasteiger partial charge on any atom is 0.0567 e. The Morgan fingerprint density at radius 3 is 2.04 bits per heavy atom. The van der Waals surface area contributed by atoms with Crippen molar-refractivity contribution in [3.05, 3.63) is 97.1 Å². The van der Waals surface area contributed by atoms with Crippen LogP contribution in [-0.2, 0) is 0 Å². The van der Waals surface area contributed by atoms with Gasteiger partial charge in [-0.15, -0.1) is 0 Å². The summed E-state index contributed by atoms with van der Waals surface area (Å²) >= 11 is 0. The highest BCUT2D eigenvalue weighted by molar-refractivity contribution is 6.16. The Morgan fingerprint density at radius 2 is 1.27 bits per heavy atom. The minimum Gasteiger partial charge on any atom is -0.399 e. The highest BCUT2D eigenvalue weighted by Gasteiger charge is 2.16. The van der Waals surface area contributed by atoms with Gasteiger partial charge in [-0.1, -0.05) is 66.7 Å². The van der Waals surface area contributed by atoms with E-state index in [1.54, 1.807) is 0 Å². The number of nitrogens with two attached hydrogens (primary N) is 1. The Bertz CT molecular complexity index is 1220. The van der Waals surface area contributed by atoms with Crippen molar-refractivity contribution < 1.29 is 0 Å². The molecule has 0 amide bonds. The molecule has 2 heteroatoms. The number of aromatic nitrogens is 1. The average molecular weight is 334 g/mol. The zero-order valence-corrected chi connectivity index (χ0v) is 14.3. The fourth-order valence-corrected chi connectivity index (χ4v) is 3.82. The van der Waals surface area contributed by atoms with Crippen LogP contribution < -0.4 is 5.73 Å². The SMILES string of the molecule is Nc1cc(-c2ccccc2)c2c3ccccc3n(-c3ccccc3)c2c1. The molecule has 0 radical (unpaired) electrons. The molecular formula is C24H18N2. The predicted molar refractivity (Wildman–Crippen MR) is 111 cm³/mol. The van der Waals surface area contributed by atoms with Gasteiger partial charge in [-0.25, -0.2) is 0 Å². The Morgan fingerprint density at radius 1 is 0.615 bits per heavy atom. The molecule has 0 saturated carbocycles. The topological polar surface area (TPSA) is 30.9 Å². The van der Waals surface area contributed by atoms with Gasteiger partial charge in [-0.3, -0.25) is 0 Å². The minimum atomic E-state index is 0.774. The first-order chi connectivity index (χ1) is 12.8. The first kappa shape index (κ1) is 14.8. The van der Waals surface area contributed by atoms with Crippen LogP contribution in [0, 0.1) is 0 Å². The fraction of sp³-hybridized carbons (Fsp3) is 0. The average Bonchev–Trinajstić information content (AvgIpc) is 3.02. The van der Waals surface area contributed by atoms with Crippen LogP contribution in [-0.4, -0.2) is 4.57 Å². The van der Waals surface area contributed by atoms with E-state index in [-0.39, 0.29) is 0 Å². The van der Waals surface area contributed by atoms with Gasteiger partial charge in [-0.2, -0.15) is 0 Å². The van der Waals surface area contributed by atoms with E-state index in [0.717, 1.165) is 16.9 Å². The van der Waals surface area contributed by atoms with Crippen molar-refractivity contribution in [1.29, 1.82) is 0 Å². The van der Waals surface area contributed by atoms with Crippen LogP contribution in [0.4, 0.5) is 5.69 Å². The second kappa shape index (κ2) is 5.78. The standard InChI is InChI=1S/C24H18N2/c25-18-15-21(17-9-3-1-4-10-17)24-20-13-7-8-14-22(20)26(23(24)16-18)19-11-5-2-6-12-19/h1-16H,25H2. The number of fused-ring (bicyclic) bond motifs is 3. The summed E-state index contributed by atoms with van der Waals surface area (Å²) in [5, 5.41) is 2.48. The Hall–Kier alpha value is -3.52. The van der Waals surface area contributed by atoms with Gasteiger partial charge in [-0.05, 0) is 41.5 Å². The van der Waals surface area contributed by atoms with Crippen LogP contribution in [0.15, 0.2) is 97.1 Å². The summed E-state index contributed by atoms with van der Waals surface area (Å²) in [6.45, 7) is 0. The molecule has 1 heterocycles. The minimum absolute atomic E-state index is 0.774. The van der Waals surface area contributed by atoms with E-state index in [4.69, 9.17) is 5.73 Å². The molecule has 26 heavy (non-hydrogen) atoms. The first-order valence-corrected chi connectivity index (χ1v) is 8.76. The van der Waals surface area contributed by atoms with Crippen molar-refractivity contribution in [2.75, 3.05) is 5.73 Å². The number of para-hydroxylation sites is 2. The normalized spacial score (nSPS) is 11.2. The van der Waals surface area contributed by atoms with Crippen molar-refractivity contribution in [2.24, 2.45) is 0 Å². The summed E-state index contributed by atoms with van der Waals surface area (Å²) in [6, 6.07) is 33.6. The summed E-state index contributed by atoms with van der Waals surface area (Å²) in [5.74, 6) is 0. The molecule has 124 valence electrons. The third-order valence-electron chi connectivity index (χ3n) is 4.89. The molecule has 0 saturated heterocycles. The molecule has 0 atom stereocenters. The first-order valence-electron chi connectivity index (χ1n) is 8.76. The third-order valence-corrected chi connectivity index (χ3v) is 4.89. The van der Waals surface area contributed by atoms with Gasteiger partial charge >= 0.3 is 0 Å². The smallest absolute Gasteiger partial charge is 0.0567 e. The third kappa shape index (κ3) is 2.20. The van der Waals surface area contributed by atoms with Crippen molar-refractivity contribution >= 4 is 27.5 Å². The zero-order chi connectivity index (χ0) is 17.5. The van der Waals surface area contributed by atoms with Crippen molar-refractivity contribution in [3.8, 4) is 16.8 Å². The summed E-state index contributed by atoms with van der Waals surface area (Å²) in [7, 11) is 0. The number of nitrogen functional groups attached to an aromatic ring is 1. The molecule has 0 aliphatic rings. The number of hydrogen-bond donors (Lipinski definition) is 1. The molecule has 5 rings (SSSR count). The maximum absolute atomic E-state index is 6.32. The van der Waals surface area contributed by atoms with Crippen LogP contribution in [0.1, 0.15) is 0 Å². The molecular weight excluding hydrogens is 316 g/mol. The van der Waals surface area contributed by atoms with E-state index >= 15 is 0 Å². The van der Waals surface area contributed by atoms with Crippen LogP contribution >= 0.6 is 0 Å². The number of benzene rings is 4.